The molecule has 1 N–H and O–H groups in total. The fourth-order valence-corrected chi connectivity index (χ4v) is 1.56. The van der Waals surface area contributed by atoms with E-state index in [-0.39, 0.29) is 17.2 Å². The molecule has 3 heteroatoms. The van der Waals surface area contributed by atoms with Gasteiger partial charge in [0.2, 0.25) is 0 Å². The standard InChI is InChI=1S/C12H12FNO/c1-7(2)10-6-12(15)9-4-3-8(13)5-11(9)14-10/h3-7H,1-2H3,(H,14,15). The van der Waals surface area contributed by atoms with Gasteiger partial charge in [-0.1, -0.05) is 13.8 Å². The van der Waals surface area contributed by atoms with Gasteiger partial charge >= 0.3 is 0 Å². The average Bonchev–Trinajstić information content (AvgIpc) is 2.16. The van der Waals surface area contributed by atoms with Crippen LogP contribution < -0.4 is 5.43 Å². The molecule has 1 heterocycles. The van der Waals surface area contributed by atoms with Crippen molar-refractivity contribution in [3.05, 3.63) is 46.0 Å². The van der Waals surface area contributed by atoms with Gasteiger partial charge in [0.05, 0.1) is 5.52 Å². The van der Waals surface area contributed by atoms with Crippen LogP contribution in [-0.2, 0) is 0 Å². The molecule has 0 radical (unpaired) electrons. The molecule has 2 aromatic rings. The number of nitrogens with one attached hydrogen (secondary N) is 1. The molecule has 0 unspecified atom stereocenters. The molecular weight excluding hydrogens is 193 g/mol. The van der Waals surface area contributed by atoms with Gasteiger partial charge in [0.25, 0.3) is 0 Å². The molecule has 2 rings (SSSR count). The Bertz CT molecular complexity index is 557. The van der Waals surface area contributed by atoms with Crippen molar-refractivity contribution >= 4 is 10.9 Å². The van der Waals surface area contributed by atoms with Gasteiger partial charge in [-0.3, -0.25) is 4.79 Å². The van der Waals surface area contributed by atoms with Gasteiger partial charge in [-0.15, -0.1) is 0 Å². The van der Waals surface area contributed by atoms with E-state index >= 15 is 0 Å². The van der Waals surface area contributed by atoms with E-state index in [1.54, 1.807) is 6.07 Å². The largest absolute Gasteiger partial charge is 0.358 e. The SMILES string of the molecule is CC(C)c1cc(=O)c2ccc(F)cc2[nH]1. The molecule has 0 saturated carbocycles. The fraction of sp³-hybridized carbons (Fsp3) is 0.250. The summed E-state index contributed by atoms with van der Waals surface area (Å²) in [7, 11) is 0. The normalized spacial score (nSPS) is 11.2. The summed E-state index contributed by atoms with van der Waals surface area (Å²) in [5.74, 6) is -0.107. The summed E-state index contributed by atoms with van der Waals surface area (Å²) in [6, 6.07) is 5.73. The van der Waals surface area contributed by atoms with Crippen molar-refractivity contribution in [2.75, 3.05) is 0 Å². The third kappa shape index (κ3) is 1.77. The van der Waals surface area contributed by atoms with E-state index in [0.717, 1.165) is 5.69 Å². The number of benzene rings is 1. The third-order valence-corrected chi connectivity index (χ3v) is 2.43. The van der Waals surface area contributed by atoms with Crippen molar-refractivity contribution in [2.24, 2.45) is 0 Å². The Hall–Kier alpha value is -1.64. The summed E-state index contributed by atoms with van der Waals surface area (Å²) < 4.78 is 13.0. The van der Waals surface area contributed by atoms with E-state index in [2.05, 4.69) is 4.98 Å². The molecule has 0 fully saturated rings. The molecule has 15 heavy (non-hydrogen) atoms. The van der Waals surface area contributed by atoms with Crippen LogP contribution in [0.2, 0.25) is 0 Å². The molecule has 0 amide bonds. The molecule has 78 valence electrons. The van der Waals surface area contributed by atoms with Crippen LogP contribution >= 0.6 is 0 Å². The second kappa shape index (κ2) is 3.50. The predicted molar refractivity (Wildman–Crippen MR) is 58.6 cm³/mol. The summed E-state index contributed by atoms with van der Waals surface area (Å²) in [5.41, 5.74) is 1.33. The number of aromatic amines is 1. The molecule has 0 bridgehead atoms. The lowest BCUT2D eigenvalue weighted by molar-refractivity contribution is 0.629. The number of fused-ring (bicyclic) bond motifs is 1. The summed E-state index contributed by atoms with van der Waals surface area (Å²) >= 11 is 0. The Labute approximate surface area is 86.8 Å². The van der Waals surface area contributed by atoms with Crippen molar-refractivity contribution in [2.45, 2.75) is 19.8 Å². The smallest absolute Gasteiger partial charge is 0.189 e. The summed E-state index contributed by atoms with van der Waals surface area (Å²) in [5, 5.41) is 0.529. The summed E-state index contributed by atoms with van der Waals surface area (Å²) in [6.45, 7) is 3.97. The Kier molecular flexibility index (Phi) is 2.31. The molecule has 0 saturated heterocycles. The first kappa shape index (κ1) is 9.90. The van der Waals surface area contributed by atoms with Crippen molar-refractivity contribution in [3.8, 4) is 0 Å². The number of hydrogen-bond acceptors (Lipinski definition) is 1. The van der Waals surface area contributed by atoms with Gasteiger partial charge in [0.15, 0.2) is 5.43 Å². The number of H-pyrrole nitrogens is 1. The van der Waals surface area contributed by atoms with Crippen LogP contribution in [-0.4, -0.2) is 4.98 Å². The first-order chi connectivity index (χ1) is 7.08. The highest BCUT2D eigenvalue weighted by Crippen LogP contribution is 2.15. The maximum Gasteiger partial charge on any atom is 0.189 e. The second-order valence-electron chi connectivity index (χ2n) is 3.93. The van der Waals surface area contributed by atoms with Crippen molar-refractivity contribution in [1.82, 2.24) is 4.98 Å². The quantitative estimate of drug-likeness (QED) is 0.762. The van der Waals surface area contributed by atoms with E-state index in [4.69, 9.17) is 0 Å². The zero-order valence-corrected chi connectivity index (χ0v) is 8.67. The predicted octanol–water partition coefficient (Wildman–Crippen LogP) is 2.79. The lowest BCUT2D eigenvalue weighted by Gasteiger charge is -2.06. The highest BCUT2D eigenvalue weighted by molar-refractivity contribution is 5.78. The zero-order valence-electron chi connectivity index (χ0n) is 8.67. The number of aromatic nitrogens is 1. The fourth-order valence-electron chi connectivity index (χ4n) is 1.56. The number of hydrogen-bond donors (Lipinski definition) is 1. The minimum absolute atomic E-state index is 0.0625. The van der Waals surface area contributed by atoms with E-state index < -0.39 is 0 Å². The second-order valence-corrected chi connectivity index (χ2v) is 3.93. The molecule has 1 aromatic heterocycles. The van der Waals surface area contributed by atoms with E-state index in [1.807, 2.05) is 13.8 Å². The summed E-state index contributed by atoms with van der Waals surface area (Å²) in [4.78, 5) is 14.7. The molecule has 0 aliphatic heterocycles. The minimum Gasteiger partial charge on any atom is -0.358 e. The highest BCUT2D eigenvalue weighted by Gasteiger charge is 2.05. The lowest BCUT2D eigenvalue weighted by Crippen LogP contribution is -2.06. The zero-order chi connectivity index (χ0) is 11.0. The number of pyridine rings is 1. The van der Waals surface area contributed by atoms with E-state index in [1.165, 1.54) is 18.2 Å². The van der Waals surface area contributed by atoms with Gasteiger partial charge in [-0.05, 0) is 24.1 Å². The maximum atomic E-state index is 13.0. The van der Waals surface area contributed by atoms with Crippen LogP contribution in [0, 0.1) is 5.82 Å². The Balaban J connectivity index is 2.80. The lowest BCUT2D eigenvalue weighted by atomic mass is 10.1. The van der Waals surface area contributed by atoms with Crippen molar-refractivity contribution in [1.29, 1.82) is 0 Å². The van der Waals surface area contributed by atoms with Crippen molar-refractivity contribution in [3.63, 3.8) is 0 Å². The molecule has 2 nitrogen and oxygen atoms in total. The number of rotatable bonds is 1. The van der Waals surface area contributed by atoms with E-state index in [0.29, 0.717) is 10.9 Å². The third-order valence-electron chi connectivity index (χ3n) is 2.43. The highest BCUT2D eigenvalue weighted by atomic mass is 19.1. The summed E-state index contributed by atoms with van der Waals surface area (Å²) in [6.07, 6.45) is 0. The minimum atomic E-state index is -0.334. The van der Waals surface area contributed by atoms with Crippen LogP contribution in [0.5, 0.6) is 0 Å². The van der Waals surface area contributed by atoms with E-state index in [9.17, 15) is 9.18 Å². The number of halogens is 1. The van der Waals surface area contributed by atoms with Crippen molar-refractivity contribution < 1.29 is 4.39 Å². The van der Waals surface area contributed by atoms with Crippen LogP contribution in [0.15, 0.2) is 29.1 Å². The van der Waals surface area contributed by atoms with Crippen LogP contribution in [0.25, 0.3) is 10.9 Å². The maximum absolute atomic E-state index is 13.0. The first-order valence-corrected chi connectivity index (χ1v) is 4.90. The van der Waals surface area contributed by atoms with Crippen LogP contribution in [0.3, 0.4) is 0 Å². The molecule has 0 aliphatic rings. The van der Waals surface area contributed by atoms with Gasteiger partial charge in [0, 0.05) is 17.1 Å². The molecule has 0 spiro atoms. The molecular formula is C12H12FNO. The first-order valence-electron chi connectivity index (χ1n) is 4.90. The molecule has 0 atom stereocenters. The monoisotopic (exact) mass is 205 g/mol. The molecule has 1 aromatic carbocycles. The van der Waals surface area contributed by atoms with Gasteiger partial charge in [-0.2, -0.15) is 0 Å². The topological polar surface area (TPSA) is 32.9 Å². The Morgan fingerprint density at radius 3 is 2.67 bits per heavy atom. The Morgan fingerprint density at radius 1 is 1.27 bits per heavy atom. The molecule has 0 aliphatic carbocycles. The average molecular weight is 205 g/mol. The van der Waals surface area contributed by atoms with Gasteiger partial charge < -0.3 is 4.98 Å². The van der Waals surface area contributed by atoms with Gasteiger partial charge in [0.1, 0.15) is 5.82 Å². The van der Waals surface area contributed by atoms with Crippen LogP contribution in [0.4, 0.5) is 4.39 Å². The van der Waals surface area contributed by atoms with Gasteiger partial charge in [-0.25, -0.2) is 4.39 Å². The Morgan fingerprint density at radius 2 is 2.00 bits per heavy atom. The van der Waals surface area contributed by atoms with Crippen LogP contribution in [0.1, 0.15) is 25.5 Å².